The molecular weight excluding hydrogens is 468 g/mol. The van der Waals surface area contributed by atoms with Crippen molar-refractivity contribution in [3.05, 3.63) is 63.8 Å². The number of nitrogens with one attached hydrogen (secondary N) is 1. The number of amides is 3. The highest BCUT2D eigenvalue weighted by molar-refractivity contribution is 9.10. The molecule has 0 unspecified atom stereocenters. The van der Waals surface area contributed by atoms with Gasteiger partial charge in [0.15, 0.2) is 11.5 Å². The van der Waals surface area contributed by atoms with Gasteiger partial charge in [-0.15, -0.1) is 0 Å². The molecule has 9 heteroatoms. The van der Waals surface area contributed by atoms with E-state index in [4.69, 9.17) is 9.47 Å². The third-order valence-electron chi connectivity index (χ3n) is 4.35. The topological polar surface area (TPSA) is 94.2 Å². The van der Waals surface area contributed by atoms with Gasteiger partial charge in [0, 0.05) is 0 Å². The van der Waals surface area contributed by atoms with E-state index in [2.05, 4.69) is 26.0 Å². The standard InChI is InChI=1S/C22H21BrN2O6/c1-3-30-18-11-15(9-16(23)20(18)31-13-14-7-5-4-6-8-14)10-17-21(27)25(22(28)24-17)12-19(26)29-2/h4-11H,3,12-13H2,1-2H3,(H,24,28)/b17-10+. The molecule has 1 fully saturated rings. The van der Waals surface area contributed by atoms with E-state index in [1.54, 1.807) is 12.1 Å². The molecule has 1 saturated heterocycles. The van der Waals surface area contributed by atoms with Crippen molar-refractivity contribution in [2.75, 3.05) is 20.3 Å². The number of halogens is 1. The fraction of sp³-hybridized carbons (Fsp3) is 0.227. The number of ether oxygens (including phenoxy) is 3. The van der Waals surface area contributed by atoms with Crippen LogP contribution in [-0.2, 0) is 20.9 Å². The van der Waals surface area contributed by atoms with Crippen molar-refractivity contribution in [3.8, 4) is 11.5 Å². The third kappa shape index (κ3) is 5.43. The van der Waals surface area contributed by atoms with Gasteiger partial charge in [0.05, 0.1) is 18.2 Å². The molecular formula is C22H21BrN2O6. The number of esters is 1. The summed E-state index contributed by atoms with van der Waals surface area (Å²) in [7, 11) is 1.19. The number of imide groups is 1. The van der Waals surface area contributed by atoms with Gasteiger partial charge in [0.1, 0.15) is 18.8 Å². The van der Waals surface area contributed by atoms with Crippen LogP contribution in [0.1, 0.15) is 18.1 Å². The van der Waals surface area contributed by atoms with Crippen LogP contribution >= 0.6 is 15.9 Å². The fourth-order valence-corrected chi connectivity index (χ4v) is 3.45. The Morgan fingerprint density at radius 1 is 1.16 bits per heavy atom. The molecule has 1 heterocycles. The quantitative estimate of drug-likeness (QED) is 0.347. The summed E-state index contributed by atoms with van der Waals surface area (Å²) in [5.74, 6) is -0.287. The molecule has 3 rings (SSSR count). The molecule has 0 spiro atoms. The second-order valence-electron chi connectivity index (χ2n) is 6.49. The second-order valence-corrected chi connectivity index (χ2v) is 7.35. The second kappa shape index (κ2) is 10.1. The van der Waals surface area contributed by atoms with E-state index in [0.717, 1.165) is 10.5 Å². The van der Waals surface area contributed by atoms with Crippen LogP contribution < -0.4 is 14.8 Å². The number of methoxy groups -OCH3 is 1. The highest BCUT2D eigenvalue weighted by atomic mass is 79.9. The van der Waals surface area contributed by atoms with Crippen molar-refractivity contribution in [3.63, 3.8) is 0 Å². The van der Waals surface area contributed by atoms with Crippen molar-refractivity contribution >= 4 is 39.9 Å². The summed E-state index contributed by atoms with van der Waals surface area (Å²) in [5, 5.41) is 2.47. The molecule has 0 saturated carbocycles. The monoisotopic (exact) mass is 488 g/mol. The third-order valence-corrected chi connectivity index (χ3v) is 4.93. The smallest absolute Gasteiger partial charge is 0.329 e. The van der Waals surface area contributed by atoms with Crippen LogP contribution in [-0.4, -0.2) is 43.1 Å². The minimum Gasteiger partial charge on any atom is -0.490 e. The lowest BCUT2D eigenvalue weighted by Gasteiger charge is -2.15. The Bertz CT molecular complexity index is 1020. The van der Waals surface area contributed by atoms with Crippen LogP contribution in [0.3, 0.4) is 0 Å². The zero-order valence-electron chi connectivity index (χ0n) is 17.0. The summed E-state index contributed by atoms with van der Waals surface area (Å²) in [4.78, 5) is 36.8. The average Bonchev–Trinajstić information content (AvgIpc) is 3.01. The lowest BCUT2D eigenvalue weighted by atomic mass is 10.1. The maximum atomic E-state index is 12.5. The van der Waals surface area contributed by atoms with Gasteiger partial charge in [0.25, 0.3) is 5.91 Å². The molecule has 0 aromatic heterocycles. The van der Waals surface area contributed by atoms with E-state index < -0.39 is 24.5 Å². The van der Waals surface area contributed by atoms with Crippen LogP contribution in [0.15, 0.2) is 52.6 Å². The van der Waals surface area contributed by atoms with Crippen LogP contribution in [0.5, 0.6) is 11.5 Å². The summed E-state index contributed by atoms with van der Waals surface area (Å²) < 4.78 is 16.8. The largest absolute Gasteiger partial charge is 0.490 e. The average molecular weight is 489 g/mol. The highest BCUT2D eigenvalue weighted by Crippen LogP contribution is 2.38. The Kier molecular flexibility index (Phi) is 7.30. The predicted octanol–water partition coefficient (Wildman–Crippen LogP) is 3.49. The molecule has 3 amide bonds. The summed E-state index contributed by atoms with van der Waals surface area (Å²) in [6, 6.07) is 12.5. The molecule has 0 bridgehead atoms. The van der Waals surface area contributed by atoms with Gasteiger partial charge in [-0.25, -0.2) is 9.69 Å². The molecule has 0 radical (unpaired) electrons. The first-order valence-corrected chi connectivity index (χ1v) is 10.3. The fourth-order valence-electron chi connectivity index (χ4n) is 2.88. The summed E-state index contributed by atoms with van der Waals surface area (Å²) >= 11 is 3.49. The van der Waals surface area contributed by atoms with Gasteiger partial charge < -0.3 is 19.5 Å². The highest BCUT2D eigenvalue weighted by Gasteiger charge is 2.35. The van der Waals surface area contributed by atoms with Crippen molar-refractivity contribution in [1.29, 1.82) is 0 Å². The van der Waals surface area contributed by atoms with Crippen LogP contribution in [0.2, 0.25) is 0 Å². The van der Waals surface area contributed by atoms with Gasteiger partial charge in [0.2, 0.25) is 0 Å². The zero-order chi connectivity index (χ0) is 22.4. The van der Waals surface area contributed by atoms with Gasteiger partial charge in [-0.1, -0.05) is 30.3 Å². The first kappa shape index (κ1) is 22.4. The Balaban J connectivity index is 1.84. The Morgan fingerprint density at radius 3 is 2.58 bits per heavy atom. The van der Waals surface area contributed by atoms with Crippen molar-refractivity contribution in [2.24, 2.45) is 0 Å². The first-order chi connectivity index (χ1) is 14.9. The lowest BCUT2D eigenvalue weighted by molar-refractivity contribution is -0.143. The minimum absolute atomic E-state index is 0.0428. The zero-order valence-corrected chi connectivity index (χ0v) is 18.6. The number of nitrogens with zero attached hydrogens (tertiary/aromatic N) is 1. The molecule has 31 heavy (non-hydrogen) atoms. The molecule has 1 N–H and O–H groups in total. The first-order valence-electron chi connectivity index (χ1n) is 9.47. The van der Waals surface area contributed by atoms with Gasteiger partial charge >= 0.3 is 12.0 Å². The van der Waals surface area contributed by atoms with Crippen molar-refractivity contribution < 1.29 is 28.6 Å². The molecule has 2 aromatic rings. The van der Waals surface area contributed by atoms with Gasteiger partial charge in [-0.2, -0.15) is 0 Å². The van der Waals surface area contributed by atoms with Crippen LogP contribution in [0.25, 0.3) is 6.08 Å². The van der Waals surface area contributed by atoms with Crippen LogP contribution in [0, 0.1) is 0 Å². The summed E-state index contributed by atoms with van der Waals surface area (Å²) in [6.07, 6.45) is 1.51. The molecule has 2 aromatic carbocycles. The molecule has 1 aliphatic heterocycles. The number of carbonyl (C=O) groups excluding carboxylic acids is 3. The van der Waals surface area contributed by atoms with E-state index in [0.29, 0.717) is 34.7 Å². The van der Waals surface area contributed by atoms with E-state index in [-0.39, 0.29) is 5.70 Å². The van der Waals surface area contributed by atoms with Crippen LogP contribution in [0.4, 0.5) is 4.79 Å². The van der Waals surface area contributed by atoms with E-state index in [1.807, 2.05) is 37.3 Å². The number of urea groups is 1. The Morgan fingerprint density at radius 2 is 1.90 bits per heavy atom. The maximum absolute atomic E-state index is 12.5. The van der Waals surface area contributed by atoms with E-state index in [1.165, 1.54) is 13.2 Å². The number of hydrogen-bond donors (Lipinski definition) is 1. The number of hydrogen-bond acceptors (Lipinski definition) is 6. The van der Waals surface area contributed by atoms with Crippen molar-refractivity contribution in [2.45, 2.75) is 13.5 Å². The Hall–Kier alpha value is -3.33. The minimum atomic E-state index is -0.689. The van der Waals surface area contributed by atoms with Crippen molar-refractivity contribution in [1.82, 2.24) is 10.2 Å². The molecule has 0 atom stereocenters. The molecule has 162 valence electrons. The number of rotatable bonds is 8. The maximum Gasteiger partial charge on any atom is 0.329 e. The summed E-state index contributed by atoms with van der Waals surface area (Å²) in [6.45, 7) is 2.16. The van der Waals surface area contributed by atoms with Gasteiger partial charge in [-0.05, 0) is 52.2 Å². The van der Waals surface area contributed by atoms with E-state index >= 15 is 0 Å². The SMILES string of the molecule is CCOc1cc(/C=C2/NC(=O)N(CC(=O)OC)C2=O)cc(Br)c1OCc1ccccc1. The molecule has 8 nitrogen and oxygen atoms in total. The normalized spacial score (nSPS) is 14.5. The predicted molar refractivity (Wildman–Crippen MR) is 116 cm³/mol. The number of benzene rings is 2. The van der Waals surface area contributed by atoms with Gasteiger partial charge in [-0.3, -0.25) is 9.59 Å². The van der Waals surface area contributed by atoms with E-state index in [9.17, 15) is 14.4 Å². The lowest BCUT2D eigenvalue weighted by Crippen LogP contribution is -2.36. The number of carbonyl (C=O) groups is 3. The Labute approximate surface area is 187 Å². The summed E-state index contributed by atoms with van der Waals surface area (Å²) in [5.41, 5.74) is 1.65. The molecule has 1 aliphatic rings. The molecule has 0 aliphatic carbocycles.